The molecule has 5 rings (SSSR count). The van der Waals surface area contributed by atoms with Crippen LogP contribution >= 0.6 is 0 Å². The molecule has 2 fully saturated rings. The quantitative estimate of drug-likeness (QED) is 0.646. The Hall–Kier alpha value is -2.77. The second kappa shape index (κ2) is 9.16. The third-order valence-electron chi connectivity index (χ3n) is 6.11. The maximum atomic E-state index is 5.57. The first kappa shape index (κ1) is 20.2. The fourth-order valence-electron chi connectivity index (χ4n) is 4.44. The molecule has 0 spiro atoms. The minimum Gasteiger partial charge on any atom is -0.378 e. The number of aromatic nitrogens is 3. The summed E-state index contributed by atoms with van der Waals surface area (Å²) in [5, 5.41) is 8.44. The van der Waals surface area contributed by atoms with Gasteiger partial charge in [0.1, 0.15) is 5.82 Å². The van der Waals surface area contributed by atoms with Crippen LogP contribution in [-0.4, -0.2) is 60.2 Å². The zero-order valence-electron chi connectivity index (χ0n) is 18.1. The predicted octanol–water partition coefficient (Wildman–Crippen LogP) is 2.96. The molecule has 7 heteroatoms. The predicted molar refractivity (Wildman–Crippen MR) is 123 cm³/mol. The Balaban J connectivity index is 1.46. The molecular weight excluding hydrogens is 388 g/mol. The highest BCUT2D eigenvalue weighted by Gasteiger charge is 2.22. The molecule has 0 atom stereocenters. The number of fused-ring (bicyclic) bond motifs is 1. The van der Waals surface area contributed by atoms with Crippen LogP contribution in [0.25, 0.3) is 5.65 Å². The van der Waals surface area contributed by atoms with E-state index >= 15 is 0 Å². The molecular formula is C24H30N6O. The monoisotopic (exact) mass is 418 g/mol. The van der Waals surface area contributed by atoms with Gasteiger partial charge in [-0.05, 0) is 38.4 Å². The molecule has 2 aliphatic heterocycles. The molecule has 0 bridgehead atoms. The van der Waals surface area contributed by atoms with Gasteiger partial charge in [-0.15, -0.1) is 0 Å². The number of piperidine rings is 1. The number of aliphatic imine (C=N–C) groups is 1. The Bertz CT molecular complexity index is 1060. The zero-order chi connectivity index (χ0) is 21.0. The molecule has 1 aromatic carbocycles. The van der Waals surface area contributed by atoms with E-state index in [-0.39, 0.29) is 0 Å². The molecule has 0 unspecified atom stereocenters. The Morgan fingerprint density at radius 2 is 2.00 bits per heavy atom. The first-order valence-electron chi connectivity index (χ1n) is 11.3. The van der Waals surface area contributed by atoms with Crippen LogP contribution < -0.4 is 10.2 Å². The van der Waals surface area contributed by atoms with Crippen molar-refractivity contribution in [2.75, 3.05) is 44.3 Å². The highest BCUT2D eigenvalue weighted by molar-refractivity contribution is 5.79. The van der Waals surface area contributed by atoms with E-state index in [1.54, 1.807) is 0 Å². The Labute approximate surface area is 183 Å². The summed E-state index contributed by atoms with van der Waals surface area (Å²) in [6.07, 6.45) is 4.19. The SMILES string of the molecule is Cc1cccc(C=NCc2cc(N3CCOCC3)n3nc(C4CCNCC4)cc3n2)c1. The van der Waals surface area contributed by atoms with Crippen molar-refractivity contribution in [2.45, 2.75) is 32.2 Å². The van der Waals surface area contributed by atoms with Gasteiger partial charge in [-0.1, -0.05) is 29.8 Å². The second-order valence-corrected chi connectivity index (χ2v) is 8.45. The van der Waals surface area contributed by atoms with Gasteiger partial charge in [0.15, 0.2) is 5.65 Å². The van der Waals surface area contributed by atoms with Crippen LogP contribution in [0.2, 0.25) is 0 Å². The van der Waals surface area contributed by atoms with Crippen molar-refractivity contribution in [3.8, 4) is 0 Å². The van der Waals surface area contributed by atoms with Crippen LogP contribution in [0.15, 0.2) is 41.4 Å². The van der Waals surface area contributed by atoms with Gasteiger partial charge in [0, 0.05) is 37.4 Å². The third kappa shape index (κ3) is 4.62. The van der Waals surface area contributed by atoms with E-state index < -0.39 is 0 Å². The minimum atomic E-state index is 0.503. The lowest BCUT2D eigenvalue weighted by Gasteiger charge is -2.29. The molecule has 1 N–H and O–H groups in total. The van der Waals surface area contributed by atoms with Crippen molar-refractivity contribution < 1.29 is 4.74 Å². The van der Waals surface area contributed by atoms with Crippen molar-refractivity contribution in [3.63, 3.8) is 0 Å². The van der Waals surface area contributed by atoms with E-state index in [1.807, 2.05) is 10.7 Å². The molecule has 0 radical (unpaired) electrons. The summed E-state index contributed by atoms with van der Waals surface area (Å²) >= 11 is 0. The summed E-state index contributed by atoms with van der Waals surface area (Å²) in [5.74, 6) is 1.59. The van der Waals surface area contributed by atoms with Crippen molar-refractivity contribution in [3.05, 3.63) is 58.9 Å². The fourth-order valence-corrected chi connectivity index (χ4v) is 4.44. The molecule has 2 aliphatic rings. The topological polar surface area (TPSA) is 67.0 Å². The zero-order valence-corrected chi connectivity index (χ0v) is 18.1. The average Bonchev–Trinajstić information content (AvgIpc) is 3.24. The van der Waals surface area contributed by atoms with Gasteiger partial charge < -0.3 is 15.0 Å². The first-order chi connectivity index (χ1) is 15.3. The number of hydrogen-bond acceptors (Lipinski definition) is 6. The number of nitrogens with one attached hydrogen (secondary N) is 1. The molecule has 0 aliphatic carbocycles. The minimum absolute atomic E-state index is 0.503. The molecule has 4 heterocycles. The number of rotatable bonds is 5. The number of anilines is 1. The van der Waals surface area contributed by atoms with Crippen LogP contribution in [0.1, 0.15) is 41.3 Å². The van der Waals surface area contributed by atoms with E-state index in [0.717, 1.165) is 80.7 Å². The van der Waals surface area contributed by atoms with Gasteiger partial charge in [0.25, 0.3) is 0 Å². The average molecular weight is 419 g/mol. The van der Waals surface area contributed by atoms with E-state index in [2.05, 4.69) is 58.5 Å². The van der Waals surface area contributed by atoms with Gasteiger partial charge >= 0.3 is 0 Å². The molecule has 0 saturated carbocycles. The van der Waals surface area contributed by atoms with E-state index in [4.69, 9.17) is 14.8 Å². The summed E-state index contributed by atoms with van der Waals surface area (Å²) in [7, 11) is 0. The van der Waals surface area contributed by atoms with Gasteiger partial charge in [-0.25, -0.2) is 4.98 Å². The molecule has 3 aromatic rings. The highest BCUT2D eigenvalue weighted by Crippen LogP contribution is 2.27. The van der Waals surface area contributed by atoms with E-state index in [0.29, 0.717) is 12.5 Å². The first-order valence-corrected chi connectivity index (χ1v) is 11.3. The molecule has 31 heavy (non-hydrogen) atoms. The summed E-state index contributed by atoms with van der Waals surface area (Å²) in [4.78, 5) is 11.9. The molecule has 0 amide bonds. The van der Waals surface area contributed by atoms with Crippen LogP contribution in [-0.2, 0) is 11.3 Å². The number of morpholine rings is 1. The second-order valence-electron chi connectivity index (χ2n) is 8.45. The van der Waals surface area contributed by atoms with Gasteiger partial charge in [-0.3, -0.25) is 4.99 Å². The van der Waals surface area contributed by atoms with Gasteiger partial charge in [0.2, 0.25) is 0 Å². The highest BCUT2D eigenvalue weighted by atomic mass is 16.5. The lowest BCUT2D eigenvalue weighted by atomic mass is 9.95. The number of ether oxygens (including phenoxy) is 1. The van der Waals surface area contributed by atoms with Crippen molar-refractivity contribution in [1.29, 1.82) is 0 Å². The van der Waals surface area contributed by atoms with Crippen LogP contribution in [0.5, 0.6) is 0 Å². The van der Waals surface area contributed by atoms with Crippen molar-refractivity contribution >= 4 is 17.7 Å². The summed E-state index contributed by atoms with van der Waals surface area (Å²) in [6.45, 7) is 7.99. The standard InChI is InChI=1S/C24H30N6O/c1-18-3-2-4-19(13-18)16-26-17-21-14-24(29-9-11-31-12-10-29)30-23(27-21)15-22(28-30)20-5-7-25-8-6-20/h2-4,13-16,20,25H,5-12,17H2,1H3. The fraction of sp³-hybridized carbons (Fsp3) is 0.458. The smallest absolute Gasteiger partial charge is 0.157 e. The number of benzene rings is 1. The maximum Gasteiger partial charge on any atom is 0.157 e. The lowest BCUT2D eigenvalue weighted by molar-refractivity contribution is 0.122. The summed E-state index contributed by atoms with van der Waals surface area (Å²) in [5.41, 5.74) is 5.40. The number of nitrogens with zero attached hydrogens (tertiary/aromatic N) is 5. The lowest BCUT2D eigenvalue weighted by Crippen LogP contribution is -2.37. The Morgan fingerprint density at radius 1 is 1.16 bits per heavy atom. The van der Waals surface area contributed by atoms with Gasteiger partial charge in [-0.2, -0.15) is 9.61 Å². The molecule has 2 saturated heterocycles. The van der Waals surface area contributed by atoms with Crippen molar-refractivity contribution in [2.24, 2.45) is 4.99 Å². The number of aryl methyl sites for hydroxylation is 1. The molecule has 2 aromatic heterocycles. The molecule has 162 valence electrons. The normalized spacial score (nSPS) is 18.3. The van der Waals surface area contributed by atoms with Crippen LogP contribution in [0.4, 0.5) is 5.82 Å². The van der Waals surface area contributed by atoms with Crippen LogP contribution in [0, 0.1) is 6.92 Å². The third-order valence-corrected chi connectivity index (χ3v) is 6.11. The van der Waals surface area contributed by atoms with E-state index in [9.17, 15) is 0 Å². The molecule has 7 nitrogen and oxygen atoms in total. The summed E-state index contributed by atoms with van der Waals surface area (Å²) in [6, 6.07) is 12.7. The Kier molecular flexibility index (Phi) is 5.95. The van der Waals surface area contributed by atoms with Crippen molar-refractivity contribution in [1.82, 2.24) is 19.9 Å². The largest absolute Gasteiger partial charge is 0.378 e. The summed E-state index contributed by atoms with van der Waals surface area (Å²) < 4.78 is 7.59. The van der Waals surface area contributed by atoms with Crippen LogP contribution in [0.3, 0.4) is 0 Å². The number of hydrogen-bond donors (Lipinski definition) is 1. The van der Waals surface area contributed by atoms with E-state index in [1.165, 1.54) is 5.56 Å². The maximum absolute atomic E-state index is 5.57. The van der Waals surface area contributed by atoms with Gasteiger partial charge in [0.05, 0.1) is 31.1 Å². The Morgan fingerprint density at radius 3 is 2.81 bits per heavy atom.